The number of carbonyl (C=O) groups excluding carboxylic acids is 1. The molecule has 0 aliphatic heterocycles. The minimum Gasteiger partial charge on any atom is -0.350 e. The highest BCUT2D eigenvalue weighted by molar-refractivity contribution is 5.92. The molecular formula is C21H15F3N6O2. The molecule has 3 aromatic heterocycles. The average Bonchev–Trinajstić information content (AvgIpc) is 3.27. The molecule has 11 heteroatoms. The Labute approximate surface area is 178 Å². The first kappa shape index (κ1) is 19.9. The van der Waals surface area contributed by atoms with E-state index >= 15 is 0 Å². The van der Waals surface area contributed by atoms with E-state index in [2.05, 4.69) is 34.9 Å². The van der Waals surface area contributed by atoms with Crippen molar-refractivity contribution in [3.8, 4) is 34.0 Å². The molecule has 0 atom stereocenters. The van der Waals surface area contributed by atoms with Gasteiger partial charge in [-0.05, 0) is 12.8 Å². The van der Waals surface area contributed by atoms with Crippen molar-refractivity contribution in [2.45, 2.75) is 25.1 Å². The summed E-state index contributed by atoms with van der Waals surface area (Å²) in [4.78, 5) is 27.4. The number of benzene rings is 1. The molecule has 5 rings (SSSR count). The second-order valence-corrected chi connectivity index (χ2v) is 7.27. The smallest absolute Gasteiger partial charge is 0.350 e. The first-order valence-corrected chi connectivity index (χ1v) is 9.71. The number of nitrogens with zero attached hydrogens (tertiary/aromatic N) is 4. The lowest BCUT2D eigenvalue weighted by Gasteiger charge is -2.05. The molecule has 8 nitrogen and oxygen atoms in total. The number of rotatable bonds is 5. The van der Waals surface area contributed by atoms with E-state index in [-0.39, 0.29) is 46.1 Å². The van der Waals surface area contributed by atoms with Gasteiger partial charge in [-0.25, -0.2) is 15.0 Å². The van der Waals surface area contributed by atoms with Crippen LogP contribution in [0.15, 0.2) is 53.4 Å². The van der Waals surface area contributed by atoms with Gasteiger partial charge in [-0.3, -0.25) is 4.79 Å². The number of halogens is 3. The summed E-state index contributed by atoms with van der Waals surface area (Å²) in [5, 5.41) is 6.45. The van der Waals surface area contributed by atoms with Crippen LogP contribution in [0.2, 0.25) is 0 Å². The van der Waals surface area contributed by atoms with Gasteiger partial charge < -0.3 is 14.8 Å². The lowest BCUT2D eigenvalue weighted by Crippen LogP contribution is -2.26. The summed E-state index contributed by atoms with van der Waals surface area (Å²) >= 11 is 0. The molecule has 2 N–H and O–H groups in total. The number of aromatic amines is 1. The lowest BCUT2D eigenvalue weighted by atomic mass is 10.0. The third-order valence-corrected chi connectivity index (χ3v) is 4.87. The second kappa shape index (κ2) is 7.59. The molecule has 0 radical (unpaired) electrons. The summed E-state index contributed by atoms with van der Waals surface area (Å²) in [6.45, 7) is 0. The van der Waals surface area contributed by atoms with Gasteiger partial charge in [0.2, 0.25) is 5.76 Å². The number of imidazole rings is 1. The SMILES string of the molecule is O=C(NC1CC1)c1cnc(-c2nc(-c3c(-c4ccccc4)noc3C(F)(F)F)c[nH]2)cn1. The highest BCUT2D eigenvalue weighted by atomic mass is 19.4. The Morgan fingerprint density at radius 1 is 1.09 bits per heavy atom. The maximum atomic E-state index is 13.6. The number of carbonyl (C=O) groups is 1. The van der Waals surface area contributed by atoms with Gasteiger partial charge in [0.15, 0.2) is 5.82 Å². The van der Waals surface area contributed by atoms with E-state index in [1.54, 1.807) is 30.3 Å². The first-order valence-electron chi connectivity index (χ1n) is 9.71. The molecular weight excluding hydrogens is 425 g/mol. The van der Waals surface area contributed by atoms with Crippen molar-refractivity contribution in [2.24, 2.45) is 0 Å². The maximum Gasteiger partial charge on any atom is 0.453 e. The molecule has 1 aliphatic rings. The monoisotopic (exact) mass is 440 g/mol. The molecule has 4 aromatic rings. The zero-order chi connectivity index (χ0) is 22.3. The third-order valence-electron chi connectivity index (χ3n) is 4.87. The van der Waals surface area contributed by atoms with E-state index < -0.39 is 11.9 Å². The fraction of sp³-hybridized carbons (Fsp3) is 0.190. The van der Waals surface area contributed by atoms with Gasteiger partial charge >= 0.3 is 6.18 Å². The Kier molecular flexibility index (Phi) is 4.72. The Morgan fingerprint density at radius 3 is 2.53 bits per heavy atom. The summed E-state index contributed by atoms with van der Waals surface area (Å²) in [6, 6.07) is 8.56. The fourth-order valence-electron chi connectivity index (χ4n) is 3.15. The Bertz CT molecular complexity index is 1260. The van der Waals surface area contributed by atoms with Crippen LogP contribution in [0.3, 0.4) is 0 Å². The highest BCUT2D eigenvalue weighted by Gasteiger charge is 2.41. The Balaban J connectivity index is 1.49. The van der Waals surface area contributed by atoms with Crippen LogP contribution in [0, 0.1) is 0 Å². The van der Waals surface area contributed by atoms with E-state index in [0.717, 1.165) is 12.8 Å². The van der Waals surface area contributed by atoms with Gasteiger partial charge in [0.05, 0.1) is 23.7 Å². The highest BCUT2D eigenvalue weighted by Crippen LogP contribution is 2.42. The van der Waals surface area contributed by atoms with E-state index in [4.69, 9.17) is 0 Å². The quantitative estimate of drug-likeness (QED) is 0.484. The van der Waals surface area contributed by atoms with Gasteiger partial charge in [-0.1, -0.05) is 35.5 Å². The number of amides is 1. The van der Waals surface area contributed by atoms with Gasteiger partial charge in [0, 0.05) is 17.8 Å². The molecule has 1 aliphatic carbocycles. The number of hydrogen-bond acceptors (Lipinski definition) is 6. The number of alkyl halides is 3. The standard InChI is InChI=1S/C21H15F3N6O2/c22-21(23,24)18-16(17(30-32-18)11-4-2-1-3-5-11)13-8-27-19(29-13)14-9-26-15(10-25-14)20(31)28-12-6-7-12/h1-5,8-10,12H,6-7H2,(H,27,29)(H,28,31). The first-order chi connectivity index (χ1) is 15.4. The second-order valence-electron chi connectivity index (χ2n) is 7.27. The van der Waals surface area contributed by atoms with Crippen LogP contribution in [0.1, 0.15) is 29.1 Å². The van der Waals surface area contributed by atoms with Crippen molar-refractivity contribution in [3.63, 3.8) is 0 Å². The zero-order valence-electron chi connectivity index (χ0n) is 16.3. The summed E-state index contributed by atoms with van der Waals surface area (Å²) < 4.78 is 45.4. The molecule has 0 unspecified atom stereocenters. The van der Waals surface area contributed by atoms with Crippen molar-refractivity contribution in [1.82, 2.24) is 30.4 Å². The minimum atomic E-state index is -4.76. The van der Waals surface area contributed by atoms with E-state index in [9.17, 15) is 18.0 Å². The van der Waals surface area contributed by atoms with Crippen molar-refractivity contribution in [2.75, 3.05) is 0 Å². The van der Waals surface area contributed by atoms with Gasteiger partial charge in [-0.2, -0.15) is 13.2 Å². The summed E-state index contributed by atoms with van der Waals surface area (Å²) in [5.41, 5.74) is 0.610. The van der Waals surface area contributed by atoms with Crippen LogP contribution in [0.5, 0.6) is 0 Å². The van der Waals surface area contributed by atoms with Gasteiger partial charge in [0.1, 0.15) is 17.1 Å². The van der Waals surface area contributed by atoms with Crippen LogP contribution in [0.25, 0.3) is 34.0 Å². The van der Waals surface area contributed by atoms with Crippen LogP contribution in [0.4, 0.5) is 13.2 Å². The summed E-state index contributed by atoms with van der Waals surface area (Å²) in [7, 11) is 0. The largest absolute Gasteiger partial charge is 0.453 e. The van der Waals surface area contributed by atoms with Crippen molar-refractivity contribution in [3.05, 3.63) is 60.4 Å². The molecule has 32 heavy (non-hydrogen) atoms. The minimum absolute atomic E-state index is 0.00946. The molecule has 0 saturated heterocycles. The zero-order valence-corrected chi connectivity index (χ0v) is 16.3. The van der Waals surface area contributed by atoms with Gasteiger partial charge in [0.25, 0.3) is 5.91 Å². The van der Waals surface area contributed by atoms with E-state index in [0.29, 0.717) is 5.56 Å². The van der Waals surface area contributed by atoms with E-state index in [1.165, 1.54) is 18.6 Å². The lowest BCUT2D eigenvalue weighted by molar-refractivity contribution is -0.154. The van der Waals surface area contributed by atoms with Crippen LogP contribution in [-0.4, -0.2) is 37.0 Å². The molecule has 1 aromatic carbocycles. The third kappa shape index (κ3) is 3.84. The van der Waals surface area contributed by atoms with Gasteiger partial charge in [-0.15, -0.1) is 0 Å². The van der Waals surface area contributed by atoms with Crippen LogP contribution >= 0.6 is 0 Å². The summed E-state index contributed by atoms with van der Waals surface area (Å²) in [5.74, 6) is -1.37. The number of H-pyrrole nitrogens is 1. The maximum absolute atomic E-state index is 13.6. The fourth-order valence-corrected chi connectivity index (χ4v) is 3.15. The summed E-state index contributed by atoms with van der Waals surface area (Å²) in [6.07, 6.45) is 1.08. The molecule has 0 spiro atoms. The van der Waals surface area contributed by atoms with Crippen molar-refractivity contribution >= 4 is 5.91 Å². The number of hydrogen-bond donors (Lipinski definition) is 2. The van der Waals surface area contributed by atoms with Crippen molar-refractivity contribution in [1.29, 1.82) is 0 Å². The predicted octanol–water partition coefficient (Wildman–Crippen LogP) is 4.10. The normalized spacial score (nSPS) is 13.8. The average molecular weight is 440 g/mol. The Hall–Kier alpha value is -4.02. The number of aromatic nitrogens is 5. The number of nitrogens with one attached hydrogen (secondary N) is 2. The van der Waals surface area contributed by atoms with Crippen LogP contribution in [-0.2, 0) is 6.18 Å². The predicted molar refractivity (Wildman–Crippen MR) is 106 cm³/mol. The topological polar surface area (TPSA) is 110 Å². The van der Waals surface area contributed by atoms with E-state index in [1.807, 2.05) is 0 Å². The van der Waals surface area contributed by atoms with Crippen LogP contribution < -0.4 is 5.32 Å². The molecule has 1 fully saturated rings. The molecule has 1 saturated carbocycles. The molecule has 3 heterocycles. The van der Waals surface area contributed by atoms with Crippen molar-refractivity contribution < 1.29 is 22.5 Å². The molecule has 0 bridgehead atoms. The Morgan fingerprint density at radius 2 is 1.88 bits per heavy atom. The molecule has 1 amide bonds. The molecule has 162 valence electrons.